The smallest absolute Gasteiger partial charge is 0.442 e. The van der Waals surface area contributed by atoms with E-state index in [1.54, 1.807) is 12.1 Å². The summed E-state index contributed by atoms with van der Waals surface area (Å²) in [6, 6.07) is 16.5. The second-order valence-electron chi connectivity index (χ2n) is 6.02. The van der Waals surface area contributed by atoms with E-state index in [0.29, 0.717) is 17.3 Å². The molecule has 0 saturated carbocycles. The quantitative estimate of drug-likeness (QED) is 0.327. The highest BCUT2D eigenvalue weighted by Gasteiger charge is 2.24. The van der Waals surface area contributed by atoms with Crippen LogP contribution >= 0.6 is 11.8 Å². The van der Waals surface area contributed by atoms with Gasteiger partial charge < -0.3 is 10.1 Å². The maximum atomic E-state index is 12.2. The first-order valence-electron chi connectivity index (χ1n) is 9.02. The third-order valence-corrected chi connectivity index (χ3v) is 4.90. The van der Waals surface area contributed by atoms with Crippen molar-refractivity contribution in [1.29, 1.82) is 0 Å². The normalized spacial score (nSPS) is 10.6. The molecule has 0 unspecified atom stereocenters. The van der Waals surface area contributed by atoms with Crippen molar-refractivity contribution < 1.29 is 18.7 Å². The second kappa shape index (κ2) is 9.80. The fourth-order valence-corrected chi connectivity index (χ4v) is 3.21. The van der Waals surface area contributed by atoms with Crippen LogP contribution in [0.5, 0.6) is 5.75 Å². The number of hydrogen-bond donors (Lipinski definition) is 2. The van der Waals surface area contributed by atoms with Crippen LogP contribution in [0, 0.1) is 0 Å². The van der Waals surface area contributed by atoms with Crippen molar-refractivity contribution in [3.8, 4) is 11.4 Å². The lowest BCUT2D eigenvalue weighted by Crippen LogP contribution is -2.36. The maximum Gasteiger partial charge on any atom is 0.442 e. The lowest BCUT2D eigenvalue weighted by Gasteiger charge is -2.07. The predicted molar refractivity (Wildman–Crippen MR) is 107 cm³/mol. The van der Waals surface area contributed by atoms with Gasteiger partial charge in [-0.2, -0.15) is 0 Å². The number of aromatic nitrogens is 2. The Morgan fingerprint density at radius 1 is 1.18 bits per heavy atom. The first-order valence-corrected chi connectivity index (χ1v) is 10.0. The number of nitrogens with zero attached hydrogens (tertiary/aromatic N) is 1. The van der Waals surface area contributed by atoms with E-state index >= 15 is 0 Å². The molecule has 0 bridgehead atoms. The number of carbonyl (C=O) groups excluding carboxylic acids is 1. The van der Waals surface area contributed by atoms with Gasteiger partial charge in [-0.1, -0.05) is 31.5 Å². The molecule has 3 rings (SSSR count). The minimum absolute atomic E-state index is 0.0736. The summed E-state index contributed by atoms with van der Waals surface area (Å²) in [6.07, 6.45) is 2.08. The highest BCUT2D eigenvalue weighted by Crippen LogP contribution is 2.17. The second-order valence-corrected chi connectivity index (χ2v) is 6.98. The molecule has 28 heavy (non-hydrogen) atoms. The molecule has 2 aromatic carbocycles. The summed E-state index contributed by atoms with van der Waals surface area (Å²) in [5.74, 6) is 0.629. The van der Waals surface area contributed by atoms with E-state index in [4.69, 9.17) is 9.26 Å². The number of rotatable bonds is 9. The van der Waals surface area contributed by atoms with E-state index in [0.717, 1.165) is 36.0 Å². The van der Waals surface area contributed by atoms with Gasteiger partial charge in [0.15, 0.2) is 0 Å². The van der Waals surface area contributed by atoms with Gasteiger partial charge in [0, 0.05) is 17.8 Å². The molecule has 0 saturated heterocycles. The molecule has 0 aliphatic rings. The van der Waals surface area contributed by atoms with Gasteiger partial charge >= 0.3 is 10.7 Å². The van der Waals surface area contributed by atoms with Crippen LogP contribution in [0.25, 0.3) is 5.69 Å². The Morgan fingerprint density at radius 3 is 2.64 bits per heavy atom. The number of ether oxygens (including phenoxy) is 1. The number of H-pyrrole nitrogens is 1. The number of hydrogen-bond acceptors (Lipinski definition) is 5. The highest BCUT2D eigenvalue weighted by atomic mass is 32.2. The van der Waals surface area contributed by atoms with Gasteiger partial charge in [0.2, 0.25) is 11.6 Å². The summed E-state index contributed by atoms with van der Waals surface area (Å²) in [5.41, 5.74) is 0.899. The molecule has 7 nitrogen and oxygen atoms in total. The van der Waals surface area contributed by atoms with Crippen LogP contribution in [0.3, 0.4) is 0 Å². The van der Waals surface area contributed by atoms with Crippen molar-refractivity contribution in [2.24, 2.45) is 0 Å². The molecule has 0 fully saturated rings. The van der Waals surface area contributed by atoms with Crippen molar-refractivity contribution >= 4 is 23.4 Å². The number of aromatic amines is 1. The molecule has 1 aromatic heterocycles. The Hall–Kier alpha value is -3.00. The molecule has 0 radical (unpaired) electrons. The lowest BCUT2D eigenvalue weighted by molar-refractivity contribution is -0.704. The lowest BCUT2D eigenvalue weighted by atomic mass is 10.3. The standard InChI is InChI=1S/C20H21N3O4S/c1-2-3-13-26-17-11-9-15(10-12-17)21-18(24)14-28-19-20(25)27-22-23(19)16-7-5-4-6-8-16/h4-12H,2-3,13-14H2,1H3,(H-,21,22,24,25)/p+1. The van der Waals surface area contributed by atoms with Crippen LogP contribution in [0.4, 0.5) is 5.69 Å². The van der Waals surface area contributed by atoms with E-state index in [-0.39, 0.29) is 11.7 Å². The van der Waals surface area contributed by atoms with E-state index in [1.165, 1.54) is 4.68 Å². The Bertz CT molecular complexity index is 952. The van der Waals surface area contributed by atoms with Gasteiger partial charge in [0.25, 0.3) is 0 Å². The number of nitrogens with one attached hydrogen (secondary N) is 2. The zero-order valence-corrected chi connectivity index (χ0v) is 16.3. The fraction of sp³-hybridized carbons (Fsp3) is 0.250. The topological polar surface area (TPSA) is 88.2 Å². The summed E-state index contributed by atoms with van der Waals surface area (Å²) in [6.45, 7) is 2.79. The van der Waals surface area contributed by atoms with Crippen LogP contribution in [-0.4, -0.2) is 23.5 Å². The van der Waals surface area contributed by atoms with Crippen molar-refractivity contribution in [2.45, 2.75) is 24.8 Å². The molecule has 0 spiro atoms. The Balaban J connectivity index is 1.57. The summed E-state index contributed by atoms with van der Waals surface area (Å²) in [5, 5.41) is 5.67. The molecule has 0 aliphatic carbocycles. The molecule has 146 valence electrons. The average molecular weight is 400 g/mol. The van der Waals surface area contributed by atoms with Gasteiger partial charge in [0.05, 0.1) is 12.4 Å². The number of unbranched alkanes of at least 4 members (excludes halogenated alkanes) is 1. The van der Waals surface area contributed by atoms with Crippen molar-refractivity contribution in [1.82, 2.24) is 5.27 Å². The average Bonchev–Trinajstić information content (AvgIpc) is 3.09. The summed E-state index contributed by atoms with van der Waals surface area (Å²) in [4.78, 5) is 24.2. The Kier molecular flexibility index (Phi) is 6.91. The van der Waals surface area contributed by atoms with Crippen molar-refractivity contribution in [3.05, 3.63) is 65.0 Å². The zero-order chi connectivity index (χ0) is 19.8. The van der Waals surface area contributed by atoms with Crippen molar-refractivity contribution in [2.75, 3.05) is 17.7 Å². The monoisotopic (exact) mass is 400 g/mol. The van der Waals surface area contributed by atoms with E-state index in [9.17, 15) is 9.59 Å². The van der Waals surface area contributed by atoms with Gasteiger partial charge in [-0.3, -0.25) is 9.32 Å². The number of anilines is 1. The van der Waals surface area contributed by atoms with Crippen LogP contribution in [-0.2, 0) is 4.79 Å². The molecule has 0 aliphatic heterocycles. The third-order valence-electron chi connectivity index (χ3n) is 3.87. The number of amides is 1. The molecular formula is C20H22N3O4S+. The zero-order valence-electron chi connectivity index (χ0n) is 15.5. The maximum absolute atomic E-state index is 12.2. The Morgan fingerprint density at radius 2 is 1.93 bits per heavy atom. The molecule has 1 amide bonds. The van der Waals surface area contributed by atoms with Gasteiger partial charge in [0.1, 0.15) is 5.75 Å². The first kappa shape index (κ1) is 19.8. The van der Waals surface area contributed by atoms with E-state index in [2.05, 4.69) is 17.5 Å². The van der Waals surface area contributed by atoms with Gasteiger partial charge in [-0.05, 0) is 52.4 Å². The largest absolute Gasteiger partial charge is 0.494 e. The van der Waals surface area contributed by atoms with Gasteiger partial charge in [-0.15, -0.1) is 0 Å². The highest BCUT2D eigenvalue weighted by molar-refractivity contribution is 7.99. The number of benzene rings is 2. The molecule has 0 atom stereocenters. The van der Waals surface area contributed by atoms with Crippen LogP contribution < -0.4 is 20.4 Å². The van der Waals surface area contributed by atoms with Crippen LogP contribution in [0.2, 0.25) is 0 Å². The summed E-state index contributed by atoms with van der Waals surface area (Å²) >= 11 is 1.11. The number of thioether (sulfide) groups is 1. The minimum atomic E-state index is -0.518. The SMILES string of the molecule is CCCCOc1ccc(NC(=O)CSc2c(=O)o[nH][n+]2-c2ccccc2)cc1. The molecule has 2 N–H and O–H groups in total. The van der Waals surface area contributed by atoms with Crippen LogP contribution in [0.1, 0.15) is 19.8 Å². The van der Waals surface area contributed by atoms with Crippen LogP contribution in [0.15, 0.2) is 68.9 Å². The summed E-state index contributed by atoms with van der Waals surface area (Å²) < 4.78 is 12.0. The number of para-hydroxylation sites is 1. The Labute approximate surface area is 166 Å². The molecule has 8 heteroatoms. The van der Waals surface area contributed by atoms with Crippen molar-refractivity contribution in [3.63, 3.8) is 0 Å². The fourth-order valence-electron chi connectivity index (χ4n) is 2.43. The van der Waals surface area contributed by atoms with E-state index in [1.807, 2.05) is 42.5 Å². The molecule has 3 aromatic rings. The summed E-state index contributed by atoms with van der Waals surface area (Å²) in [7, 11) is 0. The van der Waals surface area contributed by atoms with Gasteiger partial charge in [-0.25, -0.2) is 4.79 Å². The third kappa shape index (κ3) is 5.26. The van der Waals surface area contributed by atoms with E-state index < -0.39 is 5.63 Å². The number of carbonyl (C=O) groups is 1. The minimum Gasteiger partial charge on any atom is -0.494 e. The molecular weight excluding hydrogens is 378 g/mol. The first-order chi connectivity index (χ1) is 13.7. The molecule has 1 heterocycles. The predicted octanol–water partition coefficient (Wildman–Crippen LogP) is 3.15.